The van der Waals surface area contributed by atoms with Gasteiger partial charge in [-0.15, -0.1) is 0 Å². The molecule has 2 aromatic carbocycles. The number of aliphatic hydroxyl groups is 1. The van der Waals surface area contributed by atoms with Crippen LogP contribution < -0.4 is 5.32 Å². The highest BCUT2D eigenvalue weighted by molar-refractivity contribution is 6.31. The highest BCUT2D eigenvalue weighted by Crippen LogP contribution is 2.23. The summed E-state index contributed by atoms with van der Waals surface area (Å²) in [6.45, 7) is 2.23. The number of aliphatic hydroxyl groups excluding tert-OH is 1. The molecule has 2 atom stereocenters. The molecule has 0 aromatic heterocycles. The monoisotopic (exact) mass is 341 g/mol. The zero-order valence-corrected chi connectivity index (χ0v) is 13.7. The van der Waals surface area contributed by atoms with Crippen molar-refractivity contribution in [3.63, 3.8) is 0 Å². The van der Waals surface area contributed by atoms with Crippen LogP contribution in [0.1, 0.15) is 24.2 Å². The second-order valence-electron chi connectivity index (χ2n) is 5.26. The molecule has 0 aliphatic heterocycles. The standard InChI is InChI=1S/C17H18Cl2FNO/c1-11(9-12-5-2-3-7-14(12)18)21-10-16(22)13-6-4-8-15(19)17(13)20/h2-8,11,16,21-22H,9-10H2,1H3/t11-,16+/m1/s1. The summed E-state index contributed by atoms with van der Waals surface area (Å²) in [6, 6.07) is 12.3. The molecule has 0 fully saturated rings. The van der Waals surface area contributed by atoms with Gasteiger partial charge < -0.3 is 10.4 Å². The van der Waals surface area contributed by atoms with Crippen LogP contribution in [0.5, 0.6) is 0 Å². The highest BCUT2D eigenvalue weighted by Gasteiger charge is 2.16. The summed E-state index contributed by atoms with van der Waals surface area (Å²) in [5.41, 5.74) is 1.23. The van der Waals surface area contributed by atoms with Gasteiger partial charge in [0.2, 0.25) is 0 Å². The summed E-state index contributed by atoms with van der Waals surface area (Å²) in [5, 5.41) is 14.0. The fourth-order valence-electron chi connectivity index (χ4n) is 2.27. The number of halogens is 3. The molecule has 0 unspecified atom stereocenters. The topological polar surface area (TPSA) is 32.3 Å². The molecule has 0 amide bonds. The summed E-state index contributed by atoms with van der Waals surface area (Å²) in [5.74, 6) is -0.572. The van der Waals surface area contributed by atoms with Crippen molar-refractivity contribution in [3.8, 4) is 0 Å². The van der Waals surface area contributed by atoms with Crippen molar-refractivity contribution >= 4 is 23.2 Å². The Morgan fingerprint density at radius 3 is 2.50 bits per heavy atom. The summed E-state index contributed by atoms with van der Waals surface area (Å²) in [6.07, 6.45) is -0.225. The third kappa shape index (κ3) is 4.43. The Labute approximate surface area is 139 Å². The van der Waals surface area contributed by atoms with Gasteiger partial charge in [-0.1, -0.05) is 53.5 Å². The molecule has 0 spiro atoms. The van der Waals surface area contributed by atoms with E-state index in [1.165, 1.54) is 12.1 Å². The lowest BCUT2D eigenvalue weighted by atomic mass is 10.1. The van der Waals surface area contributed by atoms with E-state index in [1.54, 1.807) is 6.07 Å². The Hall–Kier alpha value is -1.13. The average Bonchev–Trinajstić information content (AvgIpc) is 2.50. The van der Waals surface area contributed by atoms with Gasteiger partial charge in [-0.2, -0.15) is 0 Å². The van der Waals surface area contributed by atoms with Gasteiger partial charge in [0.1, 0.15) is 5.82 Å². The lowest BCUT2D eigenvalue weighted by molar-refractivity contribution is 0.166. The van der Waals surface area contributed by atoms with Crippen molar-refractivity contribution in [3.05, 3.63) is 69.5 Å². The van der Waals surface area contributed by atoms with E-state index in [2.05, 4.69) is 5.32 Å². The lowest BCUT2D eigenvalue weighted by Gasteiger charge is -2.18. The van der Waals surface area contributed by atoms with E-state index in [4.69, 9.17) is 23.2 Å². The smallest absolute Gasteiger partial charge is 0.147 e. The fourth-order valence-corrected chi connectivity index (χ4v) is 2.66. The summed E-state index contributed by atoms with van der Waals surface area (Å²) in [7, 11) is 0. The van der Waals surface area contributed by atoms with E-state index in [-0.39, 0.29) is 23.2 Å². The van der Waals surface area contributed by atoms with Crippen LogP contribution in [0, 0.1) is 5.82 Å². The molecule has 0 aliphatic carbocycles. The zero-order chi connectivity index (χ0) is 16.1. The number of hydrogen-bond donors (Lipinski definition) is 2. The van der Waals surface area contributed by atoms with Crippen LogP contribution in [0.15, 0.2) is 42.5 Å². The maximum Gasteiger partial charge on any atom is 0.147 e. The van der Waals surface area contributed by atoms with Crippen molar-refractivity contribution in [2.45, 2.75) is 25.5 Å². The Bertz CT molecular complexity index is 636. The van der Waals surface area contributed by atoms with Crippen LogP contribution in [0.3, 0.4) is 0 Å². The maximum atomic E-state index is 13.8. The molecular formula is C17H18Cl2FNO. The second-order valence-corrected chi connectivity index (χ2v) is 6.08. The molecule has 0 bridgehead atoms. The molecule has 118 valence electrons. The Morgan fingerprint density at radius 2 is 1.77 bits per heavy atom. The predicted octanol–water partition coefficient (Wildman–Crippen LogP) is 4.39. The van der Waals surface area contributed by atoms with Gasteiger partial charge in [0.05, 0.1) is 11.1 Å². The molecular weight excluding hydrogens is 324 g/mol. The number of rotatable bonds is 6. The Morgan fingerprint density at radius 1 is 1.09 bits per heavy atom. The first kappa shape index (κ1) is 17.2. The lowest BCUT2D eigenvalue weighted by Crippen LogP contribution is -2.32. The first-order valence-electron chi connectivity index (χ1n) is 7.07. The molecule has 2 rings (SSSR count). The third-order valence-electron chi connectivity index (χ3n) is 3.48. The van der Waals surface area contributed by atoms with Gasteiger partial charge in [-0.05, 0) is 31.0 Å². The number of nitrogens with one attached hydrogen (secondary N) is 1. The van der Waals surface area contributed by atoms with Gasteiger partial charge in [0, 0.05) is 23.2 Å². The molecule has 2 aromatic rings. The largest absolute Gasteiger partial charge is 0.387 e. The van der Waals surface area contributed by atoms with Crippen LogP contribution in [0.25, 0.3) is 0 Å². The minimum Gasteiger partial charge on any atom is -0.387 e. The van der Waals surface area contributed by atoms with Gasteiger partial charge in [-0.3, -0.25) is 0 Å². The molecule has 0 saturated carbocycles. The van der Waals surface area contributed by atoms with E-state index in [9.17, 15) is 9.50 Å². The zero-order valence-electron chi connectivity index (χ0n) is 12.2. The minimum absolute atomic E-state index is 0.0145. The second kappa shape index (κ2) is 7.93. The minimum atomic E-state index is -0.951. The van der Waals surface area contributed by atoms with Crippen LogP contribution in [0.2, 0.25) is 10.0 Å². The first-order chi connectivity index (χ1) is 10.5. The molecule has 0 heterocycles. The van der Waals surface area contributed by atoms with E-state index in [1.807, 2.05) is 31.2 Å². The molecule has 5 heteroatoms. The molecule has 0 aliphatic rings. The molecule has 0 saturated heterocycles. The van der Waals surface area contributed by atoms with Crippen molar-refractivity contribution in [2.24, 2.45) is 0 Å². The predicted molar refractivity (Wildman–Crippen MR) is 89.0 cm³/mol. The van der Waals surface area contributed by atoms with E-state index in [0.29, 0.717) is 0 Å². The molecule has 22 heavy (non-hydrogen) atoms. The fraction of sp³-hybridized carbons (Fsp3) is 0.294. The average molecular weight is 342 g/mol. The molecule has 2 nitrogen and oxygen atoms in total. The quantitative estimate of drug-likeness (QED) is 0.816. The summed E-state index contributed by atoms with van der Waals surface area (Å²) >= 11 is 11.8. The van der Waals surface area contributed by atoms with Gasteiger partial charge in [0.25, 0.3) is 0 Å². The van der Waals surface area contributed by atoms with Crippen molar-refractivity contribution < 1.29 is 9.50 Å². The van der Waals surface area contributed by atoms with Gasteiger partial charge in [-0.25, -0.2) is 4.39 Å². The Balaban J connectivity index is 1.92. The van der Waals surface area contributed by atoms with Gasteiger partial charge >= 0.3 is 0 Å². The number of benzene rings is 2. The normalized spacial score (nSPS) is 13.9. The third-order valence-corrected chi connectivity index (χ3v) is 4.14. The van der Waals surface area contributed by atoms with E-state index >= 15 is 0 Å². The maximum absolute atomic E-state index is 13.8. The van der Waals surface area contributed by atoms with Crippen LogP contribution in [-0.4, -0.2) is 17.7 Å². The Kier molecular flexibility index (Phi) is 6.21. The molecule has 2 N–H and O–H groups in total. The summed E-state index contributed by atoms with van der Waals surface area (Å²) in [4.78, 5) is 0. The number of hydrogen-bond acceptors (Lipinski definition) is 2. The van der Waals surface area contributed by atoms with Crippen LogP contribution >= 0.6 is 23.2 Å². The van der Waals surface area contributed by atoms with E-state index in [0.717, 1.165) is 17.0 Å². The first-order valence-corrected chi connectivity index (χ1v) is 7.83. The van der Waals surface area contributed by atoms with Gasteiger partial charge in [0.15, 0.2) is 0 Å². The molecule has 0 radical (unpaired) electrons. The summed E-state index contributed by atoms with van der Waals surface area (Å²) < 4.78 is 13.8. The highest BCUT2D eigenvalue weighted by atomic mass is 35.5. The van der Waals surface area contributed by atoms with Crippen molar-refractivity contribution in [2.75, 3.05) is 6.54 Å². The van der Waals surface area contributed by atoms with Crippen LogP contribution in [-0.2, 0) is 6.42 Å². The van der Waals surface area contributed by atoms with Crippen molar-refractivity contribution in [1.82, 2.24) is 5.32 Å². The van der Waals surface area contributed by atoms with E-state index < -0.39 is 11.9 Å². The van der Waals surface area contributed by atoms with Crippen LogP contribution in [0.4, 0.5) is 4.39 Å². The SMILES string of the molecule is C[C@H](Cc1ccccc1Cl)NC[C@H](O)c1cccc(Cl)c1F. The van der Waals surface area contributed by atoms with Crippen molar-refractivity contribution in [1.29, 1.82) is 0 Å².